The highest BCUT2D eigenvalue weighted by atomic mass is 14.2. The minimum absolute atomic E-state index is 0. The summed E-state index contributed by atoms with van der Waals surface area (Å²) in [4.78, 5) is 0. The van der Waals surface area contributed by atoms with Crippen molar-refractivity contribution in [3.63, 3.8) is 0 Å². The van der Waals surface area contributed by atoms with E-state index in [2.05, 4.69) is 76.2 Å². The van der Waals surface area contributed by atoms with Gasteiger partial charge < -0.3 is 0 Å². The Kier molecular flexibility index (Phi) is 6.42. The lowest BCUT2D eigenvalue weighted by Gasteiger charge is -2.16. The molecule has 112 valence electrons. The monoisotopic (exact) mass is 280 g/mol. The van der Waals surface area contributed by atoms with E-state index in [1.54, 1.807) is 0 Å². The number of aryl methyl sites for hydroxylation is 1. The van der Waals surface area contributed by atoms with E-state index < -0.39 is 0 Å². The van der Waals surface area contributed by atoms with Crippen molar-refractivity contribution >= 4 is 5.57 Å². The van der Waals surface area contributed by atoms with Crippen molar-refractivity contribution in [3.05, 3.63) is 76.4 Å². The molecule has 21 heavy (non-hydrogen) atoms. The van der Waals surface area contributed by atoms with Gasteiger partial charge in [0.2, 0.25) is 0 Å². The first-order valence-corrected chi connectivity index (χ1v) is 7.50. The zero-order chi connectivity index (χ0) is 14.5. The summed E-state index contributed by atoms with van der Waals surface area (Å²) in [5, 5.41) is 0. The fraction of sp³-hybridized carbons (Fsp3) is 0.333. The molecule has 0 aliphatic carbocycles. The van der Waals surface area contributed by atoms with Gasteiger partial charge in [-0.05, 0) is 60.6 Å². The minimum atomic E-state index is 0. The number of benzene rings is 2. The maximum atomic E-state index is 2.27. The number of rotatable bonds is 4. The maximum absolute atomic E-state index is 2.27. The molecule has 2 aromatic rings. The van der Waals surface area contributed by atoms with E-state index in [1.807, 2.05) is 0 Å². The second kappa shape index (κ2) is 7.83. The van der Waals surface area contributed by atoms with Crippen molar-refractivity contribution in [3.8, 4) is 0 Å². The Hall–Kier alpha value is -1.82. The molecule has 0 atom stereocenters. The van der Waals surface area contributed by atoms with Gasteiger partial charge in [-0.1, -0.05) is 69.3 Å². The van der Waals surface area contributed by atoms with Crippen molar-refractivity contribution in [2.45, 2.75) is 48.0 Å². The van der Waals surface area contributed by atoms with Crippen LogP contribution >= 0.6 is 0 Å². The van der Waals surface area contributed by atoms with Crippen LogP contribution in [-0.4, -0.2) is 0 Å². The predicted molar refractivity (Wildman–Crippen MR) is 95.8 cm³/mol. The predicted octanol–water partition coefficient (Wildman–Crippen LogP) is 6.34. The second-order valence-corrected chi connectivity index (χ2v) is 5.35. The van der Waals surface area contributed by atoms with Crippen LogP contribution in [0.15, 0.2) is 48.5 Å². The Morgan fingerprint density at radius 1 is 1.00 bits per heavy atom. The van der Waals surface area contributed by atoms with E-state index in [-0.39, 0.29) is 7.43 Å². The van der Waals surface area contributed by atoms with Crippen LogP contribution in [0.3, 0.4) is 0 Å². The summed E-state index contributed by atoms with van der Waals surface area (Å²) in [5.74, 6) is 0. The molecule has 0 aliphatic heterocycles. The zero-order valence-corrected chi connectivity index (χ0v) is 13.0. The average molecular weight is 280 g/mol. The van der Waals surface area contributed by atoms with Crippen LogP contribution in [0.1, 0.15) is 55.5 Å². The molecule has 0 heterocycles. The summed E-state index contributed by atoms with van der Waals surface area (Å²) in [6.45, 7) is 8.86. The lowest BCUT2D eigenvalue weighted by atomic mass is 9.88. The largest absolute Gasteiger partial charge is 0.0792 e. The smallest absolute Gasteiger partial charge is 0.0149 e. The van der Waals surface area contributed by atoms with Crippen LogP contribution in [0, 0.1) is 13.8 Å². The van der Waals surface area contributed by atoms with Crippen LogP contribution in [0.5, 0.6) is 0 Å². The van der Waals surface area contributed by atoms with Gasteiger partial charge in [0.25, 0.3) is 0 Å². The Morgan fingerprint density at radius 2 is 1.67 bits per heavy atom. The Labute approximate surface area is 130 Å². The Balaban J connectivity index is 0.00000220. The first kappa shape index (κ1) is 17.2. The highest BCUT2D eigenvalue weighted by Crippen LogP contribution is 2.29. The molecule has 0 spiro atoms. The number of hydrogen-bond donors (Lipinski definition) is 0. The van der Waals surface area contributed by atoms with Crippen LogP contribution in [0.2, 0.25) is 0 Å². The van der Waals surface area contributed by atoms with Crippen molar-refractivity contribution in [1.29, 1.82) is 0 Å². The summed E-state index contributed by atoms with van der Waals surface area (Å²) >= 11 is 0. The molecule has 0 saturated heterocycles. The Bertz CT molecular complexity index is 603. The van der Waals surface area contributed by atoms with Gasteiger partial charge in [-0.15, -0.1) is 0 Å². The van der Waals surface area contributed by atoms with Crippen LogP contribution in [-0.2, 0) is 6.42 Å². The lowest BCUT2D eigenvalue weighted by Crippen LogP contribution is -1.99. The van der Waals surface area contributed by atoms with Crippen molar-refractivity contribution in [1.82, 2.24) is 0 Å². The van der Waals surface area contributed by atoms with Gasteiger partial charge in [-0.2, -0.15) is 0 Å². The summed E-state index contributed by atoms with van der Waals surface area (Å²) in [6, 6.07) is 15.2. The molecule has 2 rings (SSSR count). The molecule has 0 nitrogen and oxygen atoms in total. The van der Waals surface area contributed by atoms with Crippen molar-refractivity contribution in [2.75, 3.05) is 0 Å². The molecule has 0 saturated carbocycles. The molecule has 0 bridgehead atoms. The minimum Gasteiger partial charge on any atom is -0.0792 e. The third-order valence-electron chi connectivity index (χ3n) is 4.00. The molecule has 0 heteroatoms. The molecule has 0 aromatic heterocycles. The molecule has 0 N–H and O–H groups in total. The van der Waals surface area contributed by atoms with Crippen LogP contribution in [0.25, 0.3) is 5.57 Å². The van der Waals surface area contributed by atoms with E-state index in [0.29, 0.717) is 0 Å². The summed E-state index contributed by atoms with van der Waals surface area (Å²) in [6.07, 6.45) is 4.58. The van der Waals surface area contributed by atoms with Gasteiger partial charge >= 0.3 is 0 Å². The fourth-order valence-corrected chi connectivity index (χ4v) is 2.91. The van der Waals surface area contributed by atoms with Gasteiger partial charge in [0.05, 0.1) is 0 Å². The standard InChI is InChI=1S/C20H24.CH4/c1-5-10-19-15(3)13-14-20(16(19)4)18(6-2)17-11-8-7-9-12-17;/h6-9,11-14H,5,10H2,1-4H3;1H4/b18-6-;. The van der Waals surface area contributed by atoms with E-state index in [4.69, 9.17) is 0 Å². The SMILES string of the molecule is C.C/C=C(/c1ccccc1)c1ccc(C)c(CCC)c1C. The van der Waals surface area contributed by atoms with Gasteiger partial charge in [-0.3, -0.25) is 0 Å². The van der Waals surface area contributed by atoms with Crippen LogP contribution < -0.4 is 0 Å². The van der Waals surface area contributed by atoms with Gasteiger partial charge in [0.1, 0.15) is 0 Å². The fourth-order valence-electron chi connectivity index (χ4n) is 2.91. The number of hydrogen-bond acceptors (Lipinski definition) is 0. The topological polar surface area (TPSA) is 0 Å². The molecule has 2 aromatic carbocycles. The van der Waals surface area contributed by atoms with Gasteiger partial charge in [-0.25, -0.2) is 0 Å². The van der Waals surface area contributed by atoms with Gasteiger partial charge in [0.15, 0.2) is 0 Å². The molecular formula is C21H28. The summed E-state index contributed by atoms with van der Waals surface area (Å²) in [7, 11) is 0. The molecule has 0 fully saturated rings. The van der Waals surface area contributed by atoms with E-state index in [9.17, 15) is 0 Å². The quantitative estimate of drug-likeness (QED) is 0.612. The van der Waals surface area contributed by atoms with E-state index >= 15 is 0 Å². The molecule has 0 amide bonds. The lowest BCUT2D eigenvalue weighted by molar-refractivity contribution is 0.902. The van der Waals surface area contributed by atoms with Crippen LogP contribution in [0.4, 0.5) is 0 Å². The zero-order valence-electron chi connectivity index (χ0n) is 13.0. The summed E-state index contributed by atoms with van der Waals surface area (Å²) in [5.41, 5.74) is 8.36. The molecule has 0 radical (unpaired) electrons. The summed E-state index contributed by atoms with van der Waals surface area (Å²) < 4.78 is 0. The highest BCUT2D eigenvalue weighted by molar-refractivity contribution is 5.81. The van der Waals surface area contributed by atoms with Gasteiger partial charge in [0, 0.05) is 0 Å². The molecular weight excluding hydrogens is 252 g/mol. The molecule has 0 aliphatic rings. The third kappa shape index (κ3) is 3.64. The van der Waals surface area contributed by atoms with E-state index in [1.165, 1.54) is 39.8 Å². The first-order chi connectivity index (χ1) is 9.69. The second-order valence-electron chi connectivity index (χ2n) is 5.35. The first-order valence-electron chi connectivity index (χ1n) is 7.50. The van der Waals surface area contributed by atoms with Crippen molar-refractivity contribution < 1.29 is 0 Å². The Morgan fingerprint density at radius 3 is 2.24 bits per heavy atom. The average Bonchev–Trinajstić information content (AvgIpc) is 2.47. The molecule has 0 unspecified atom stereocenters. The van der Waals surface area contributed by atoms with E-state index in [0.717, 1.165) is 6.42 Å². The third-order valence-corrected chi connectivity index (χ3v) is 4.00. The van der Waals surface area contributed by atoms with Crippen molar-refractivity contribution in [2.24, 2.45) is 0 Å². The number of allylic oxidation sites excluding steroid dienone is 1. The highest BCUT2D eigenvalue weighted by Gasteiger charge is 2.11. The maximum Gasteiger partial charge on any atom is -0.0149 e. The normalized spacial score (nSPS) is 11.1.